The molecule has 7 heteroatoms. The Kier molecular flexibility index (Phi) is 44.5. The van der Waals surface area contributed by atoms with Crippen LogP contribution in [0.1, 0.15) is 182 Å². The van der Waals surface area contributed by atoms with Crippen LogP contribution < -0.4 is 0 Å². The van der Waals surface area contributed by atoms with Crippen molar-refractivity contribution in [3.8, 4) is 0 Å². The topological polar surface area (TPSA) is 6.48 Å². The zero-order valence-corrected chi connectivity index (χ0v) is 35.0. The number of hydrogen-bond acceptors (Lipinski definition) is 4. The molecule has 0 saturated carbocycles. The van der Waals surface area contributed by atoms with E-state index in [1.165, 1.54) is 154 Å². The minimum absolute atomic E-state index is 0. The fourth-order valence-corrected chi connectivity index (χ4v) is 5.65. The molecule has 41 heavy (non-hydrogen) atoms. The van der Waals surface area contributed by atoms with Crippen LogP contribution in [-0.4, -0.2) is 71.9 Å². The van der Waals surface area contributed by atoms with E-state index >= 15 is 0 Å². The SMILES string of the molecule is CCCCCCCCN(CCCCCCCC)C(=S)[S-].CCCCCCCCN(CCCCCCCC)C(=S)[S-].[Pb+2]. The first kappa shape index (κ1) is 46.6. The van der Waals surface area contributed by atoms with Crippen molar-refractivity contribution in [2.24, 2.45) is 0 Å². The van der Waals surface area contributed by atoms with Crippen molar-refractivity contribution in [3.05, 3.63) is 0 Å². The van der Waals surface area contributed by atoms with Gasteiger partial charge in [-0.3, -0.25) is 0 Å². The number of hydrogen-bond donors (Lipinski definition) is 0. The Hall–Kier alpha value is 1.14. The average molecular weight is 840 g/mol. The molecule has 0 amide bonds. The summed E-state index contributed by atoms with van der Waals surface area (Å²) in [7, 11) is 0. The fourth-order valence-electron chi connectivity index (χ4n) is 4.92. The Balaban J connectivity index is -0.000000688. The monoisotopic (exact) mass is 840 g/mol. The summed E-state index contributed by atoms with van der Waals surface area (Å²) in [5.41, 5.74) is 0. The molecule has 0 aromatic rings. The molecule has 0 bridgehead atoms. The summed E-state index contributed by atoms with van der Waals surface area (Å²) in [5.74, 6) is 0. The third-order valence-electron chi connectivity index (χ3n) is 7.64. The van der Waals surface area contributed by atoms with Crippen LogP contribution in [0.4, 0.5) is 0 Å². The molecule has 0 aliphatic rings. The van der Waals surface area contributed by atoms with Gasteiger partial charge in [-0.15, -0.1) is 0 Å². The minimum atomic E-state index is 0. The average Bonchev–Trinajstić information content (AvgIpc) is 2.93. The van der Waals surface area contributed by atoms with E-state index in [0.717, 1.165) is 26.2 Å². The normalized spacial score (nSPS) is 10.4. The van der Waals surface area contributed by atoms with Gasteiger partial charge in [0.2, 0.25) is 0 Å². The molecule has 0 rings (SSSR count). The number of nitrogens with zero attached hydrogens (tertiary/aromatic N) is 2. The summed E-state index contributed by atoms with van der Waals surface area (Å²) in [4.78, 5) is 4.48. The fraction of sp³-hybridized carbons (Fsp3) is 0.941. The van der Waals surface area contributed by atoms with Gasteiger partial charge in [0.1, 0.15) is 0 Å². The van der Waals surface area contributed by atoms with Gasteiger partial charge in [0.05, 0.1) is 0 Å². The van der Waals surface area contributed by atoms with E-state index in [1.54, 1.807) is 0 Å². The maximum Gasteiger partial charge on any atom is 2.00 e. The third kappa shape index (κ3) is 37.2. The smallest absolute Gasteiger partial charge is 0.411 e. The first-order chi connectivity index (χ1) is 19.4. The number of thiocarbonyl (C=S) groups is 2. The standard InChI is InChI=1S/2C17H35NS2.Pb/c2*1-3-5-7-9-11-13-15-18(17(19)20)16-14-12-10-8-6-4-2;/h2*3-16H2,1-2H3,(H,19,20);/q;;+2/p-2. The van der Waals surface area contributed by atoms with E-state index in [-0.39, 0.29) is 27.3 Å². The zero-order chi connectivity index (χ0) is 30.1. The van der Waals surface area contributed by atoms with E-state index in [4.69, 9.17) is 49.7 Å². The second kappa shape index (κ2) is 39.2. The van der Waals surface area contributed by atoms with Crippen molar-refractivity contribution < 1.29 is 0 Å². The van der Waals surface area contributed by atoms with Gasteiger partial charge in [-0.2, -0.15) is 0 Å². The Morgan fingerprint density at radius 3 is 0.707 bits per heavy atom. The maximum absolute atomic E-state index is 5.20. The molecular weight excluding hydrogens is 772 g/mol. The molecular formula is C34H68N2PbS4. The first-order valence-electron chi connectivity index (χ1n) is 17.4. The van der Waals surface area contributed by atoms with Crippen LogP contribution in [0.2, 0.25) is 0 Å². The molecule has 0 saturated heterocycles. The van der Waals surface area contributed by atoms with Crippen LogP contribution in [0.5, 0.6) is 0 Å². The largest absolute Gasteiger partial charge is 2.00 e. The van der Waals surface area contributed by atoms with Crippen molar-refractivity contribution in [3.63, 3.8) is 0 Å². The second-order valence-corrected chi connectivity index (χ2v) is 13.6. The van der Waals surface area contributed by atoms with E-state index in [2.05, 4.69) is 37.5 Å². The summed E-state index contributed by atoms with van der Waals surface area (Å²) >= 11 is 20.8. The molecule has 0 spiro atoms. The zero-order valence-electron chi connectivity index (χ0n) is 27.8. The maximum atomic E-state index is 5.20. The quantitative estimate of drug-likeness (QED) is 0.0333. The van der Waals surface area contributed by atoms with Gasteiger partial charge in [0.15, 0.2) is 0 Å². The molecule has 0 aliphatic heterocycles. The van der Waals surface area contributed by atoms with Gasteiger partial charge in [-0.1, -0.05) is 165 Å². The van der Waals surface area contributed by atoms with Crippen LogP contribution in [0.3, 0.4) is 0 Å². The summed E-state index contributed by atoms with van der Waals surface area (Å²) in [5, 5.41) is 0. The Morgan fingerprint density at radius 1 is 0.366 bits per heavy atom. The van der Waals surface area contributed by atoms with Crippen LogP contribution in [-0.2, 0) is 25.3 Å². The molecule has 0 N–H and O–H groups in total. The van der Waals surface area contributed by atoms with Crippen LogP contribution in [0, 0.1) is 0 Å². The molecule has 0 aromatic heterocycles. The summed E-state index contributed by atoms with van der Waals surface area (Å²) in [6.45, 7) is 13.3. The molecule has 0 aliphatic carbocycles. The Bertz CT molecular complexity index is 459. The molecule has 2 radical (unpaired) electrons. The van der Waals surface area contributed by atoms with Gasteiger partial charge in [-0.25, -0.2) is 0 Å². The first-order valence-corrected chi connectivity index (χ1v) is 19.0. The van der Waals surface area contributed by atoms with Gasteiger partial charge < -0.3 is 59.5 Å². The van der Waals surface area contributed by atoms with Crippen molar-refractivity contribution in [1.82, 2.24) is 9.80 Å². The molecule has 0 aromatic carbocycles. The molecule has 0 atom stereocenters. The van der Waals surface area contributed by atoms with Gasteiger partial charge in [-0.05, 0) is 25.7 Å². The predicted octanol–water partition coefficient (Wildman–Crippen LogP) is 11.3. The van der Waals surface area contributed by atoms with Crippen LogP contribution in [0.25, 0.3) is 0 Å². The molecule has 242 valence electrons. The molecule has 0 heterocycles. The van der Waals surface area contributed by atoms with E-state index in [0.29, 0.717) is 8.64 Å². The van der Waals surface area contributed by atoms with Gasteiger partial charge >= 0.3 is 27.3 Å². The number of rotatable bonds is 28. The van der Waals surface area contributed by atoms with Crippen molar-refractivity contribution in [2.75, 3.05) is 26.2 Å². The summed E-state index contributed by atoms with van der Waals surface area (Å²) in [6.07, 6.45) is 32.0. The van der Waals surface area contributed by atoms with Gasteiger partial charge in [0, 0.05) is 26.2 Å². The molecule has 0 fully saturated rings. The summed E-state index contributed by atoms with van der Waals surface area (Å²) < 4.78 is 1.35. The Morgan fingerprint density at radius 2 is 0.537 bits per heavy atom. The minimum Gasteiger partial charge on any atom is -0.411 e. The molecule has 2 nitrogen and oxygen atoms in total. The summed E-state index contributed by atoms with van der Waals surface area (Å²) in [6, 6.07) is 0. The van der Waals surface area contributed by atoms with Gasteiger partial charge in [0.25, 0.3) is 0 Å². The van der Waals surface area contributed by atoms with E-state index < -0.39 is 0 Å². The van der Waals surface area contributed by atoms with E-state index in [1.807, 2.05) is 0 Å². The third-order valence-corrected chi connectivity index (χ3v) is 8.68. The molecule has 0 unspecified atom stereocenters. The predicted molar refractivity (Wildman–Crippen MR) is 202 cm³/mol. The number of unbranched alkanes of at least 4 members (excludes halogenated alkanes) is 20. The van der Waals surface area contributed by atoms with Crippen molar-refractivity contribution in [2.45, 2.75) is 182 Å². The van der Waals surface area contributed by atoms with Crippen molar-refractivity contribution in [1.29, 1.82) is 0 Å². The van der Waals surface area contributed by atoms with E-state index in [9.17, 15) is 0 Å². The Labute approximate surface area is 301 Å². The van der Waals surface area contributed by atoms with Crippen molar-refractivity contribution >= 4 is 85.6 Å². The second-order valence-electron chi connectivity index (χ2n) is 11.6. The van der Waals surface area contributed by atoms with Crippen LogP contribution >= 0.6 is 24.4 Å². The van der Waals surface area contributed by atoms with Crippen LogP contribution in [0.15, 0.2) is 0 Å².